The Balaban J connectivity index is 2.24. The van der Waals surface area contributed by atoms with Crippen molar-refractivity contribution in [2.75, 3.05) is 33.1 Å². The molecule has 2 heteroatoms. The van der Waals surface area contributed by atoms with Gasteiger partial charge in [-0.2, -0.15) is 0 Å². The van der Waals surface area contributed by atoms with Gasteiger partial charge in [-0.1, -0.05) is 49.4 Å². The second kappa shape index (κ2) is 7.65. The van der Waals surface area contributed by atoms with Crippen LogP contribution in [0, 0.1) is 0 Å². The minimum absolute atomic E-state index is 0.154. The lowest BCUT2D eigenvalue weighted by Gasteiger charge is -2.40. The molecule has 124 valence electrons. The van der Waals surface area contributed by atoms with Crippen molar-refractivity contribution in [3.8, 4) is 0 Å². The molecule has 1 atom stereocenters. The second-order valence-electron chi connectivity index (χ2n) is 6.87. The van der Waals surface area contributed by atoms with E-state index in [-0.39, 0.29) is 5.54 Å². The van der Waals surface area contributed by atoms with Crippen molar-refractivity contribution in [1.29, 1.82) is 0 Å². The minimum Gasteiger partial charge on any atom is -0.378 e. The topological polar surface area (TPSA) is 6.48 Å². The van der Waals surface area contributed by atoms with Crippen LogP contribution < -0.4 is 4.90 Å². The van der Waals surface area contributed by atoms with E-state index in [1.807, 2.05) is 0 Å². The van der Waals surface area contributed by atoms with Crippen LogP contribution in [0.5, 0.6) is 0 Å². The minimum atomic E-state index is 0.154. The molecule has 0 saturated heterocycles. The van der Waals surface area contributed by atoms with E-state index in [0.29, 0.717) is 0 Å². The van der Waals surface area contributed by atoms with Crippen LogP contribution >= 0.6 is 0 Å². The van der Waals surface area contributed by atoms with E-state index in [1.165, 1.54) is 16.8 Å². The first-order valence-corrected chi connectivity index (χ1v) is 8.44. The van der Waals surface area contributed by atoms with Gasteiger partial charge < -0.3 is 9.80 Å². The lowest BCUT2D eigenvalue weighted by atomic mass is 9.81. The van der Waals surface area contributed by atoms with Crippen LogP contribution in [0.3, 0.4) is 0 Å². The largest absolute Gasteiger partial charge is 0.378 e. The predicted molar refractivity (Wildman–Crippen MR) is 101 cm³/mol. The molecule has 0 bridgehead atoms. The molecule has 2 aromatic carbocycles. The van der Waals surface area contributed by atoms with Crippen molar-refractivity contribution >= 4 is 5.69 Å². The third kappa shape index (κ3) is 4.35. The zero-order chi connectivity index (χ0) is 16.9. The molecule has 0 fully saturated rings. The highest BCUT2D eigenvalue weighted by molar-refractivity contribution is 5.46. The number of hydrogen-bond acceptors (Lipinski definition) is 2. The highest BCUT2D eigenvalue weighted by atomic mass is 15.1. The summed E-state index contributed by atoms with van der Waals surface area (Å²) >= 11 is 0. The number of anilines is 1. The molecule has 0 N–H and O–H groups in total. The molecule has 0 aromatic heterocycles. The molecule has 0 aliphatic heterocycles. The van der Waals surface area contributed by atoms with E-state index in [9.17, 15) is 0 Å². The summed E-state index contributed by atoms with van der Waals surface area (Å²) in [6.45, 7) is 2.30. The van der Waals surface area contributed by atoms with Crippen molar-refractivity contribution < 1.29 is 0 Å². The quantitative estimate of drug-likeness (QED) is 0.754. The van der Waals surface area contributed by atoms with E-state index >= 15 is 0 Å². The van der Waals surface area contributed by atoms with Crippen molar-refractivity contribution in [2.24, 2.45) is 0 Å². The smallest absolute Gasteiger partial charge is 0.0361 e. The first-order valence-electron chi connectivity index (χ1n) is 8.44. The molecule has 2 nitrogen and oxygen atoms in total. The van der Waals surface area contributed by atoms with Gasteiger partial charge in [-0.3, -0.25) is 0 Å². The van der Waals surface area contributed by atoms with Crippen molar-refractivity contribution in [3.63, 3.8) is 0 Å². The number of benzene rings is 2. The Morgan fingerprint density at radius 3 is 1.70 bits per heavy atom. The molecule has 0 spiro atoms. The van der Waals surface area contributed by atoms with Crippen LogP contribution in [-0.4, -0.2) is 38.6 Å². The van der Waals surface area contributed by atoms with Gasteiger partial charge in [-0.25, -0.2) is 0 Å². The Morgan fingerprint density at radius 2 is 1.26 bits per heavy atom. The van der Waals surface area contributed by atoms with E-state index in [2.05, 4.69) is 99.5 Å². The predicted octanol–water partition coefficient (Wildman–Crippen LogP) is 4.25. The van der Waals surface area contributed by atoms with Gasteiger partial charge in [0.05, 0.1) is 0 Å². The van der Waals surface area contributed by atoms with Crippen LogP contribution in [-0.2, 0) is 12.8 Å². The fraction of sp³-hybridized carbons (Fsp3) is 0.429. The summed E-state index contributed by atoms with van der Waals surface area (Å²) in [5, 5.41) is 0. The molecule has 0 saturated carbocycles. The maximum absolute atomic E-state index is 2.40. The zero-order valence-electron chi connectivity index (χ0n) is 15.2. The van der Waals surface area contributed by atoms with E-state index in [1.54, 1.807) is 0 Å². The normalized spacial score (nSPS) is 13.8. The molecule has 0 amide bonds. The Labute approximate surface area is 141 Å². The van der Waals surface area contributed by atoms with Gasteiger partial charge in [-0.15, -0.1) is 0 Å². The molecule has 1 unspecified atom stereocenters. The van der Waals surface area contributed by atoms with Crippen LogP contribution in [0.4, 0.5) is 5.69 Å². The van der Waals surface area contributed by atoms with Crippen molar-refractivity contribution in [3.05, 3.63) is 65.7 Å². The third-order valence-electron chi connectivity index (χ3n) is 4.97. The maximum Gasteiger partial charge on any atom is 0.0361 e. The average molecular weight is 310 g/mol. The highest BCUT2D eigenvalue weighted by Gasteiger charge is 2.31. The summed E-state index contributed by atoms with van der Waals surface area (Å²) in [5.74, 6) is 0. The molecule has 0 radical (unpaired) electrons. The summed E-state index contributed by atoms with van der Waals surface area (Å²) in [5.41, 5.74) is 4.22. The van der Waals surface area contributed by atoms with Crippen LogP contribution in [0.1, 0.15) is 24.5 Å². The Morgan fingerprint density at radius 1 is 0.739 bits per heavy atom. The molecule has 0 aliphatic rings. The lowest BCUT2D eigenvalue weighted by Crippen LogP contribution is -2.47. The monoisotopic (exact) mass is 310 g/mol. The maximum atomic E-state index is 2.40. The zero-order valence-corrected chi connectivity index (χ0v) is 15.2. The van der Waals surface area contributed by atoms with Gasteiger partial charge in [0.1, 0.15) is 0 Å². The fourth-order valence-corrected chi connectivity index (χ4v) is 3.21. The van der Waals surface area contributed by atoms with Crippen molar-refractivity contribution in [1.82, 2.24) is 4.90 Å². The standard InChI is InChI=1S/C21H30N2/c1-6-21(23(4)5,16-18-10-8-7-9-11-18)17-19-12-14-20(15-13-19)22(2)3/h7-15H,6,16-17H2,1-5H3. The molecule has 0 aliphatic carbocycles. The van der Waals surface area contributed by atoms with Gasteiger partial charge in [0.25, 0.3) is 0 Å². The molecule has 23 heavy (non-hydrogen) atoms. The average Bonchev–Trinajstić information content (AvgIpc) is 2.55. The molecular formula is C21H30N2. The third-order valence-corrected chi connectivity index (χ3v) is 4.97. The van der Waals surface area contributed by atoms with Crippen molar-refractivity contribution in [2.45, 2.75) is 31.7 Å². The van der Waals surface area contributed by atoms with Crippen LogP contribution in [0.25, 0.3) is 0 Å². The van der Waals surface area contributed by atoms with Gasteiger partial charge >= 0.3 is 0 Å². The molecular weight excluding hydrogens is 280 g/mol. The summed E-state index contributed by atoms with van der Waals surface area (Å²) in [4.78, 5) is 4.55. The number of hydrogen-bond donors (Lipinski definition) is 0. The molecule has 2 rings (SSSR count). The highest BCUT2D eigenvalue weighted by Crippen LogP contribution is 2.28. The van der Waals surface area contributed by atoms with Gasteiger partial charge in [0, 0.05) is 25.3 Å². The van der Waals surface area contributed by atoms with Gasteiger partial charge in [-0.05, 0) is 56.6 Å². The van der Waals surface area contributed by atoms with Crippen LogP contribution in [0.2, 0.25) is 0 Å². The van der Waals surface area contributed by atoms with E-state index in [4.69, 9.17) is 0 Å². The first kappa shape index (κ1) is 17.6. The Hall–Kier alpha value is -1.80. The SMILES string of the molecule is CCC(Cc1ccccc1)(Cc1ccc(N(C)C)cc1)N(C)C. The number of rotatable bonds is 7. The number of nitrogens with zero attached hydrogens (tertiary/aromatic N) is 2. The Bertz CT molecular complexity index is 587. The molecule has 0 heterocycles. The first-order chi connectivity index (χ1) is 11.0. The second-order valence-corrected chi connectivity index (χ2v) is 6.87. The lowest BCUT2D eigenvalue weighted by molar-refractivity contribution is 0.143. The van der Waals surface area contributed by atoms with E-state index < -0.39 is 0 Å². The van der Waals surface area contributed by atoms with Gasteiger partial charge in [0.15, 0.2) is 0 Å². The van der Waals surface area contributed by atoms with Crippen LogP contribution in [0.15, 0.2) is 54.6 Å². The summed E-state index contributed by atoms with van der Waals surface area (Å²) in [7, 11) is 8.59. The summed E-state index contributed by atoms with van der Waals surface area (Å²) in [6, 6.07) is 19.8. The fourth-order valence-electron chi connectivity index (χ4n) is 3.21. The molecule has 2 aromatic rings. The Kier molecular flexibility index (Phi) is 5.84. The summed E-state index contributed by atoms with van der Waals surface area (Å²) < 4.78 is 0. The van der Waals surface area contributed by atoms with E-state index in [0.717, 1.165) is 19.3 Å². The number of likely N-dealkylation sites (N-methyl/N-ethyl adjacent to an activating group) is 1. The summed E-state index contributed by atoms with van der Waals surface area (Å²) in [6.07, 6.45) is 3.27. The van der Waals surface area contributed by atoms with Gasteiger partial charge in [0.2, 0.25) is 0 Å².